The summed E-state index contributed by atoms with van der Waals surface area (Å²) >= 11 is 0. The fraction of sp³-hybridized carbons (Fsp3) is 0.571. The van der Waals surface area contributed by atoms with Crippen LogP contribution in [-0.2, 0) is 16.6 Å². The Morgan fingerprint density at radius 1 is 1.32 bits per heavy atom. The number of hydrogen-bond acceptors (Lipinski definition) is 3. The highest BCUT2D eigenvalue weighted by molar-refractivity contribution is 7.89. The molecule has 1 aliphatic rings. The summed E-state index contributed by atoms with van der Waals surface area (Å²) in [6, 6.07) is 7.46. The van der Waals surface area contributed by atoms with Gasteiger partial charge in [0, 0.05) is 19.1 Å². The fourth-order valence-corrected chi connectivity index (χ4v) is 3.97. The van der Waals surface area contributed by atoms with E-state index in [1.54, 1.807) is 16.4 Å². The molecule has 1 aromatic rings. The lowest BCUT2D eigenvalue weighted by atomic mass is 10.2. The molecule has 0 saturated heterocycles. The van der Waals surface area contributed by atoms with Gasteiger partial charge in [0.2, 0.25) is 10.0 Å². The normalized spacial score (nSPS) is 15.9. The molecule has 1 aromatic carbocycles. The molecule has 1 aliphatic carbocycles. The first-order valence-electron chi connectivity index (χ1n) is 6.91. The molecule has 1 fully saturated rings. The third kappa shape index (κ3) is 3.35. The molecule has 0 atom stereocenters. The van der Waals surface area contributed by atoms with Gasteiger partial charge in [-0.15, -0.1) is 0 Å². The predicted octanol–water partition coefficient (Wildman–Crippen LogP) is 1.97. The van der Waals surface area contributed by atoms with E-state index in [1.807, 2.05) is 26.0 Å². The van der Waals surface area contributed by atoms with Crippen LogP contribution < -0.4 is 5.32 Å². The van der Waals surface area contributed by atoms with Gasteiger partial charge in [0.05, 0.1) is 4.90 Å². The minimum atomic E-state index is -3.33. The van der Waals surface area contributed by atoms with Gasteiger partial charge in [-0.3, -0.25) is 0 Å². The molecule has 0 spiro atoms. The van der Waals surface area contributed by atoms with Gasteiger partial charge in [0.25, 0.3) is 0 Å². The van der Waals surface area contributed by atoms with E-state index in [0.717, 1.165) is 24.9 Å². The standard InChI is InChI=1S/C14H22N2O2S/c1-3-15-11-12-6-5-7-14(10-12)19(17,18)16(4-2)13-8-9-13/h5-7,10,13,15H,3-4,8-9,11H2,1-2H3. The molecule has 4 nitrogen and oxygen atoms in total. The minimum absolute atomic E-state index is 0.215. The first-order chi connectivity index (χ1) is 9.09. The molecule has 19 heavy (non-hydrogen) atoms. The van der Waals surface area contributed by atoms with Gasteiger partial charge in [-0.25, -0.2) is 8.42 Å². The smallest absolute Gasteiger partial charge is 0.243 e. The summed E-state index contributed by atoms with van der Waals surface area (Å²) in [5.74, 6) is 0. The predicted molar refractivity (Wildman–Crippen MR) is 76.4 cm³/mol. The van der Waals surface area contributed by atoms with Crippen molar-refractivity contribution in [2.75, 3.05) is 13.1 Å². The molecule has 1 N–H and O–H groups in total. The van der Waals surface area contributed by atoms with Crippen molar-refractivity contribution < 1.29 is 8.42 Å². The summed E-state index contributed by atoms with van der Waals surface area (Å²) in [6.07, 6.45) is 1.98. The molecular formula is C14H22N2O2S. The summed E-state index contributed by atoms with van der Waals surface area (Å²) in [6.45, 7) is 6.06. The Morgan fingerprint density at radius 2 is 2.05 bits per heavy atom. The van der Waals surface area contributed by atoms with Crippen LogP contribution >= 0.6 is 0 Å². The van der Waals surface area contributed by atoms with Crippen LogP contribution in [-0.4, -0.2) is 31.9 Å². The molecular weight excluding hydrogens is 260 g/mol. The second-order valence-electron chi connectivity index (χ2n) is 4.87. The third-order valence-corrected chi connectivity index (χ3v) is 5.37. The SMILES string of the molecule is CCNCc1cccc(S(=O)(=O)N(CC)C2CC2)c1. The maximum absolute atomic E-state index is 12.6. The fourth-order valence-electron chi connectivity index (χ4n) is 2.21. The van der Waals surface area contributed by atoms with E-state index in [2.05, 4.69) is 5.32 Å². The number of sulfonamides is 1. The quantitative estimate of drug-likeness (QED) is 0.832. The molecule has 106 valence electrons. The summed E-state index contributed by atoms with van der Waals surface area (Å²) in [4.78, 5) is 0.414. The first kappa shape index (κ1) is 14.5. The maximum Gasteiger partial charge on any atom is 0.243 e. The van der Waals surface area contributed by atoms with Crippen molar-refractivity contribution in [2.45, 2.75) is 44.2 Å². The van der Waals surface area contributed by atoms with Crippen LogP contribution in [0.2, 0.25) is 0 Å². The molecule has 1 saturated carbocycles. The summed E-state index contributed by atoms with van der Waals surface area (Å²) in [5.41, 5.74) is 1.01. The van der Waals surface area contributed by atoms with Gasteiger partial charge < -0.3 is 5.32 Å². The highest BCUT2D eigenvalue weighted by Gasteiger charge is 2.36. The van der Waals surface area contributed by atoms with Crippen molar-refractivity contribution >= 4 is 10.0 Å². The molecule has 0 aliphatic heterocycles. The lowest BCUT2D eigenvalue weighted by Gasteiger charge is -2.20. The summed E-state index contributed by atoms with van der Waals surface area (Å²) in [7, 11) is -3.33. The second kappa shape index (κ2) is 6.03. The van der Waals surface area contributed by atoms with Crippen molar-refractivity contribution in [2.24, 2.45) is 0 Å². The van der Waals surface area contributed by atoms with Crippen LogP contribution in [0.25, 0.3) is 0 Å². The Balaban J connectivity index is 2.24. The summed E-state index contributed by atoms with van der Waals surface area (Å²) in [5, 5.41) is 3.21. The van der Waals surface area contributed by atoms with Gasteiger partial charge in [-0.2, -0.15) is 4.31 Å². The van der Waals surface area contributed by atoms with E-state index >= 15 is 0 Å². The van der Waals surface area contributed by atoms with Gasteiger partial charge in [-0.05, 0) is 37.1 Å². The van der Waals surface area contributed by atoms with Crippen LogP contribution in [0.4, 0.5) is 0 Å². The van der Waals surface area contributed by atoms with Crippen LogP contribution in [0.1, 0.15) is 32.3 Å². The van der Waals surface area contributed by atoms with E-state index in [9.17, 15) is 8.42 Å². The Labute approximate surface area is 115 Å². The van der Waals surface area contributed by atoms with Gasteiger partial charge >= 0.3 is 0 Å². The van der Waals surface area contributed by atoms with Crippen LogP contribution in [0.15, 0.2) is 29.2 Å². The molecule has 5 heteroatoms. The molecule has 0 radical (unpaired) electrons. The topological polar surface area (TPSA) is 49.4 Å². The average molecular weight is 282 g/mol. The molecule has 0 amide bonds. The zero-order chi connectivity index (χ0) is 13.9. The van der Waals surface area contributed by atoms with E-state index in [1.165, 1.54) is 0 Å². The number of benzene rings is 1. The number of nitrogens with zero attached hydrogens (tertiary/aromatic N) is 1. The van der Waals surface area contributed by atoms with E-state index in [-0.39, 0.29) is 6.04 Å². The highest BCUT2D eigenvalue weighted by Crippen LogP contribution is 2.31. The summed E-state index contributed by atoms with van der Waals surface area (Å²) < 4.78 is 26.8. The monoisotopic (exact) mass is 282 g/mol. The van der Waals surface area contributed by atoms with Crippen molar-refractivity contribution in [3.05, 3.63) is 29.8 Å². The van der Waals surface area contributed by atoms with Crippen molar-refractivity contribution in [1.29, 1.82) is 0 Å². The largest absolute Gasteiger partial charge is 0.313 e. The second-order valence-corrected chi connectivity index (χ2v) is 6.76. The third-order valence-electron chi connectivity index (χ3n) is 3.35. The van der Waals surface area contributed by atoms with E-state index < -0.39 is 10.0 Å². The Morgan fingerprint density at radius 3 is 2.63 bits per heavy atom. The zero-order valence-corrected chi connectivity index (χ0v) is 12.4. The average Bonchev–Trinajstić information content (AvgIpc) is 3.22. The molecule has 0 unspecified atom stereocenters. The van der Waals surface area contributed by atoms with Gasteiger partial charge in [0.15, 0.2) is 0 Å². The first-order valence-corrected chi connectivity index (χ1v) is 8.35. The molecule has 2 rings (SSSR count). The number of hydrogen-bond donors (Lipinski definition) is 1. The van der Waals surface area contributed by atoms with Crippen LogP contribution in [0, 0.1) is 0 Å². The molecule has 0 aromatic heterocycles. The van der Waals surface area contributed by atoms with Crippen LogP contribution in [0.5, 0.6) is 0 Å². The van der Waals surface area contributed by atoms with E-state index in [4.69, 9.17) is 0 Å². The highest BCUT2D eigenvalue weighted by atomic mass is 32.2. The zero-order valence-electron chi connectivity index (χ0n) is 11.6. The van der Waals surface area contributed by atoms with Crippen molar-refractivity contribution in [3.63, 3.8) is 0 Å². The molecule has 0 heterocycles. The number of nitrogens with one attached hydrogen (secondary N) is 1. The lowest BCUT2D eigenvalue weighted by Crippen LogP contribution is -2.33. The maximum atomic E-state index is 12.6. The lowest BCUT2D eigenvalue weighted by molar-refractivity contribution is 0.421. The Bertz CT molecular complexity index is 524. The van der Waals surface area contributed by atoms with E-state index in [0.29, 0.717) is 18.0 Å². The van der Waals surface area contributed by atoms with Crippen LogP contribution in [0.3, 0.4) is 0 Å². The van der Waals surface area contributed by atoms with Gasteiger partial charge in [0.1, 0.15) is 0 Å². The Hall–Kier alpha value is -0.910. The Kier molecular flexibility index (Phi) is 4.60. The van der Waals surface area contributed by atoms with Crippen molar-refractivity contribution in [1.82, 2.24) is 9.62 Å². The van der Waals surface area contributed by atoms with Crippen molar-refractivity contribution in [3.8, 4) is 0 Å². The molecule has 0 bridgehead atoms. The number of rotatable bonds is 7. The van der Waals surface area contributed by atoms with Gasteiger partial charge in [-0.1, -0.05) is 26.0 Å². The minimum Gasteiger partial charge on any atom is -0.313 e.